The molecule has 3 nitrogen and oxygen atoms in total. The molecule has 1 atom stereocenters. The Balaban J connectivity index is 2.02. The smallest absolute Gasteiger partial charge is 0.109 e. The summed E-state index contributed by atoms with van der Waals surface area (Å²) in [6, 6.07) is 4.41. The number of rotatable bonds is 5. The Kier molecular flexibility index (Phi) is 3.94. The highest BCUT2D eigenvalue weighted by atomic mass is 16.5. The van der Waals surface area contributed by atoms with E-state index in [4.69, 9.17) is 4.74 Å². The molecule has 1 N–H and O–H groups in total. The Morgan fingerprint density at radius 1 is 1.44 bits per heavy atom. The fourth-order valence-corrected chi connectivity index (χ4v) is 1.95. The summed E-state index contributed by atoms with van der Waals surface area (Å²) < 4.78 is 5.62. The van der Waals surface area contributed by atoms with Crippen molar-refractivity contribution in [3.05, 3.63) is 41.9 Å². The average molecular weight is 218 g/mol. The van der Waals surface area contributed by atoms with E-state index >= 15 is 0 Å². The first-order chi connectivity index (χ1) is 7.90. The van der Waals surface area contributed by atoms with Gasteiger partial charge in [0.1, 0.15) is 5.76 Å². The molecule has 0 bridgehead atoms. The third-order valence-corrected chi connectivity index (χ3v) is 2.72. The van der Waals surface area contributed by atoms with E-state index in [1.165, 1.54) is 5.56 Å². The number of nitrogens with one attached hydrogen (secondary N) is 1. The van der Waals surface area contributed by atoms with Crippen LogP contribution in [0, 0.1) is 0 Å². The molecule has 1 aliphatic rings. The van der Waals surface area contributed by atoms with Crippen molar-refractivity contribution in [2.75, 3.05) is 13.2 Å². The number of nitrogens with zero attached hydrogens (tertiary/aromatic N) is 1. The maximum Gasteiger partial charge on any atom is 0.109 e. The predicted octanol–water partition coefficient (Wildman–Crippen LogP) is 1.91. The molecule has 1 aliphatic heterocycles. The number of likely N-dealkylation sites (N-methyl/N-ethyl adjacent to an activating group) is 1. The molecule has 1 aromatic rings. The lowest BCUT2D eigenvalue weighted by Crippen LogP contribution is -2.33. The second-order valence-electron chi connectivity index (χ2n) is 3.91. The maximum absolute atomic E-state index is 5.62. The molecule has 16 heavy (non-hydrogen) atoms. The predicted molar refractivity (Wildman–Crippen MR) is 64.1 cm³/mol. The first-order valence-corrected chi connectivity index (χ1v) is 5.85. The van der Waals surface area contributed by atoms with Gasteiger partial charge in [0, 0.05) is 18.8 Å². The van der Waals surface area contributed by atoms with Gasteiger partial charge in [-0.15, -0.1) is 0 Å². The van der Waals surface area contributed by atoms with Crippen LogP contribution < -0.4 is 5.32 Å². The van der Waals surface area contributed by atoms with E-state index in [2.05, 4.69) is 35.4 Å². The zero-order valence-electron chi connectivity index (χ0n) is 9.65. The Morgan fingerprint density at radius 2 is 2.25 bits per heavy atom. The van der Waals surface area contributed by atoms with Crippen LogP contribution in [0.2, 0.25) is 0 Å². The number of ether oxygens (including phenoxy) is 1. The normalized spacial score (nSPS) is 16.7. The van der Waals surface area contributed by atoms with E-state index in [1.807, 2.05) is 12.4 Å². The zero-order chi connectivity index (χ0) is 11.2. The second-order valence-corrected chi connectivity index (χ2v) is 3.91. The fraction of sp³-hybridized carbons (Fsp3) is 0.462. The Labute approximate surface area is 96.5 Å². The van der Waals surface area contributed by atoms with Crippen molar-refractivity contribution in [2.24, 2.45) is 0 Å². The van der Waals surface area contributed by atoms with Crippen LogP contribution in [0.25, 0.3) is 0 Å². The van der Waals surface area contributed by atoms with Crippen LogP contribution in [0.5, 0.6) is 0 Å². The van der Waals surface area contributed by atoms with Gasteiger partial charge in [0.25, 0.3) is 0 Å². The molecule has 3 heteroatoms. The van der Waals surface area contributed by atoms with Gasteiger partial charge in [0.2, 0.25) is 0 Å². The molecule has 0 saturated carbocycles. The van der Waals surface area contributed by atoms with E-state index in [9.17, 15) is 0 Å². The van der Waals surface area contributed by atoms with Crippen LogP contribution in [0.15, 0.2) is 36.4 Å². The summed E-state index contributed by atoms with van der Waals surface area (Å²) in [7, 11) is 0. The van der Waals surface area contributed by atoms with Crippen molar-refractivity contribution in [3.63, 3.8) is 0 Å². The van der Waals surface area contributed by atoms with Gasteiger partial charge in [-0.1, -0.05) is 6.92 Å². The number of hydrogen-bond donors (Lipinski definition) is 1. The third kappa shape index (κ3) is 2.83. The SMILES string of the molecule is CCNC(Cc1ccncc1)C1=CCCO1. The third-order valence-electron chi connectivity index (χ3n) is 2.72. The summed E-state index contributed by atoms with van der Waals surface area (Å²) >= 11 is 0. The van der Waals surface area contributed by atoms with Crippen LogP contribution >= 0.6 is 0 Å². The fourth-order valence-electron chi connectivity index (χ4n) is 1.95. The highest BCUT2D eigenvalue weighted by Crippen LogP contribution is 2.16. The lowest BCUT2D eigenvalue weighted by atomic mass is 10.1. The summed E-state index contributed by atoms with van der Waals surface area (Å²) in [4.78, 5) is 4.03. The van der Waals surface area contributed by atoms with Gasteiger partial charge in [-0.05, 0) is 36.7 Å². The molecule has 86 valence electrons. The largest absolute Gasteiger partial charge is 0.496 e. The topological polar surface area (TPSA) is 34.2 Å². The summed E-state index contributed by atoms with van der Waals surface area (Å²) in [6.45, 7) is 3.90. The quantitative estimate of drug-likeness (QED) is 0.819. The van der Waals surface area contributed by atoms with Crippen molar-refractivity contribution in [3.8, 4) is 0 Å². The minimum absolute atomic E-state index is 0.301. The van der Waals surface area contributed by atoms with Crippen LogP contribution in [-0.2, 0) is 11.2 Å². The van der Waals surface area contributed by atoms with E-state index in [1.54, 1.807) is 0 Å². The molecule has 0 radical (unpaired) electrons. The molecule has 0 saturated heterocycles. The van der Waals surface area contributed by atoms with Crippen molar-refractivity contribution in [1.82, 2.24) is 10.3 Å². The molecule has 2 rings (SSSR count). The summed E-state index contributed by atoms with van der Waals surface area (Å²) in [5.74, 6) is 1.10. The average Bonchev–Trinajstić information content (AvgIpc) is 2.83. The first-order valence-electron chi connectivity index (χ1n) is 5.85. The van der Waals surface area contributed by atoms with Crippen molar-refractivity contribution >= 4 is 0 Å². The van der Waals surface area contributed by atoms with Gasteiger partial charge >= 0.3 is 0 Å². The monoisotopic (exact) mass is 218 g/mol. The Hall–Kier alpha value is -1.35. The lowest BCUT2D eigenvalue weighted by Gasteiger charge is -2.19. The highest BCUT2D eigenvalue weighted by Gasteiger charge is 2.18. The van der Waals surface area contributed by atoms with E-state index < -0.39 is 0 Å². The van der Waals surface area contributed by atoms with Gasteiger partial charge < -0.3 is 10.1 Å². The van der Waals surface area contributed by atoms with Gasteiger partial charge in [-0.3, -0.25) is 4.98 Å². The summed E-state index contributed by atoms with van der Waals surface area (Å²) in [6.07, 6.45) is 7.86. The molecule has 0 fully saturated rings. The molecule has 0 amide bonds. The lowest BCUT2D eigenvalue weighted by molar-refractivity contribution is 0.215. The second kappa shape index (κ2) is 5.66. The Morgan fingerprint density at radius 3 is 2.88 bits per heavy atom. The summed E-state index contributed by atoms with van der Waals surface area (Å²) in [5, 5.41) is 3.46. The standard InChI is InChI=1S/C13H18N2O/c1-2-15-12(13-4-3-9-16-13)10-11-5-7-14-8-6-11/h4-8,12,15H,2-3,9-10H2,1H3. The van der Waals surface area contributed by atoms with Crippen LogP contribution in [0.1, 0.15) is 18.9 Å². The van der Waals surface area contributed by atoms with Crippen LogP contribution in [0.3, 0.4) is 0 Å². The molecular weight excluding hydrogens is 200 g/mol. The minimum Gasteiger partial charge on any atom is -0.496 e. The molecule has 1 aromatic heterocycles. The number of pyridine rings is 1. The summed E-state index contributed by atoms with van der Waals surface area (Å²) in [5.41, 5.74) is 1.29. The minimum atomic E-state index is 0.301. The van der Waals surface area contributed by atoms with Crippen LogP contribution in [0.4, 0.5) is 0 Å². The molecule has 0 aromatic carbocycles. The number of hydrogen-bond acceptors (Lipinski definition) is 3. The van der Waals surface area contributed by atoms with Gasteiger partial charge in [0.15, 0.2) is 0 Å². The molecule has 1 unspecified atom stereocenters. The first kappa shape index (κ1) is 11.1. The van der Waals surface area contributed by atoms with Crippen LogP contribution in [-0.4, -0.2) is 24.2 Å². The van der Waals surface area contributed by atoms with Crippen molar-refractivity contribution in [2.45, 2.75) is 25.8 Å². The van der Waals surface area contributed by atoms with Crippen molar-refractivity contribution in [1.29, 1.82) is 0 Å². The van der Waals surface area contributed by atoms with E-state index in [0.29, 0.717) is 6.04 Å². The van der Waals surface area contributed by atoms with E-state index in [0.717, 1.165) is 31.8 Å². The van der Waals surface area contributed by atoms with Gasteiger partial charge in [0.05, 0.1) is 12.6 Å². The number of aromatic nitrogens is 1. The Bertz CT molecular complexity index is 348. The maximum atomic E-state index is 5.62. The molecule has 0 aliphatic carbocycles. The molecular formula is C13H18N2O. The van der Waals surface area contributed by atoms with Crippen molar-refractivity contribution < 1.29 is 4.74 Å². The zero-order valence-corrected chi connectivity index (χ0v) is 9.65. The van der Waals surface area contributed by atoms with Gasteiger partial charge in [-0.2, -0.15) is 0 Å². The molecule has 0 spiro atoms. The highest BCUT2D eigenvalue weighted by molar-refractivity contribution is 5.17. The van der Waals surface area contributed by atoms with E-state index in [-0.39, 0.29) is 0 Å². The van der Waals surface area contributed by atoms with Gasteiger partial charge in [-0.25, -0.2) is 0 Å². The molecule has 2 heterocycles.